The Hall–Kier alpha value is -0.770. The van der Waals surface area contributed by atoms with E-state index >= 15 is 0 Å². The van der Waals surface area contributed by atoms with Crippen molar-refractivity contribution in [3.8, 4) is 5.75 Å². The van der Waals surface area contributed by atoms with Crippen molar-refractivity contribution in [1.82, 2.24) is 5.32 Å². The van der Waals surface area contributed by atoms with Crippen LogP contribution in [0.15, 0.2) is 18.2 Å². The standard InChI is InChI=1S/C15H22ClNO2/c16-14-10-12(6-7-15(14)18)11-17-8-9-19-13-4-2-1-3-5-13/h6-7,10,13,17-18H,1-5,8-9,11H2. The maximum atomic E-state index is 9.33. The minimum absolute atomic E-state index is 0.131. The molecule has 0 spiro atoms. The number of aromatic hydroxyl groups is 1. The van der Waals surface area contributed by atoms with Crippen molar-refractivity contribution < 1.29 is 9.84 Å². The second kappa shape index (κ2) is 7.73. The molecule has 0 heterocycles. The highest BCUT2D eigenvalue weighted by Crippen LogP contribution is 2.23. The van der Waals surface area contributed by atoms with Crippen LogP contribution in [0.25, 0.3) is 0 Å². The van der Waals surface area contributed by atoms with Crippen LogP contribution < -0.4 is 5.32 Å². The van der Waals surface area contributed by atoms with E-state index in [1.165, 1.54) is 32.1 Å². The molecule has 1 aliphatic rings. The lowest BCUT2D eigenvalue weighted by atomic mass is 9.98. The minimum Gasteiger partial charge on any atom is -0.506 e. The first-order valence-electron chi connectivity index (χ1n) is 7.05. The van der Waals surface area contributed by atoms with Crippen LogP contribution in [0.5, 0.6) is 5.75 Å². The number of ether oxygens (including phenoxy) is 1. The van der Waals surface area contributed by atoms with E-state index < -0.39 is 0 Å². The topological polar surface area (TPSA) is 41.5 Å². The van der Waals surface area contributed by atoms with E-state index in [0.29, 0.717) is 11.1 Å². The monoisotopic (exact) mass is 283 g/mol. The Morgan fingerprint density at radius 1 is 1.26 bits per heavy atom. The SMILES string of the molecule is Oc1ccc(CNCCOC2CCCCC2)cc1Cl. The van der Waals surface area contributed by atoms with Crippen LogP contribution in [0.3, 0.4) is 0 Å². The lowest BCUT2D eigenvalue weighted by molar-refractivity contribution is 0.0302. The Morgan fingerprint density at radius 3 is 2.79 bits per heavy atom. The van der Waals surface area contributed by atoms with Crippen LogP contribution in [0.4, 0.5) is 0 Å². The molecule has 1 aromatic rings. The van der Waals surface area contributed by atoms with Crippen LogP contribution in [0, 0.1) is 0 Å². The molecule has 106 valence electrons. The zero-order chi connectivity index (χ0) is 13.5. The molecule has 19 heavy (non-hydrogen) atoms. The van der Waals surface area contributed by atoms with Crippen molar-refractivity contribution in [2.24, 2.45) is 0 Å². The van der Waals surface area contributed by atoms with E-state index in [4.69, 9.17) is 16.3 Å². The van der Waals surface area contributed by atoms with Gasteiger partial charge in [0.25, 0.3) is 0 Å². The highest BCUT2D eigenvalue weighted by molar-refractivity contribution is 6.32. The molecule has 1 saturated carbocycles. The van der Waals surface area contributed by atoms with Crippen LogP contribution in [0.1, 0.15) is 37.7 Å². The molecule has 0 aromatic heterocycles. The third-order valence-corrected chi connectivity index (χ3v) is 3.83. The summed E-state index contributed by atoms with van der Waals surface area (Å²) in [5, 5.41) is 13.0. The Labute approximate surface area is 119 Å². The summed E-state index contributed by atoms with van der Waals surface area (Å²) >= 11 is 5.85. The molecule has 2 N–H and O–H groups in total. The summed E-state index contributed by atoms with van der Waals surface area (Å²) in [4.78, 5) is 0. The smallest absolute Gasteiger partial charge is 0.134 e. The summed E-state index contributed by atoms with van der Waals surface area (Å²) in [6.07, 6.45) is 6.88. The van der Waals surface area contributed by atoms with Gasteiger partial charge in [-0.3, -0.25) is 0 Å². The zero-order valence-electron chi connectivity index (χ0n) is 11.2. The molecule has 0 bridgehead atoms. The van der Waals surface area contributed by atoms with Crippen molar-refractivity contribution >= 4 is 11.6 Å². The molecular weight excluding hydrogens is 262 g/mol. The highest BCUT2D eigenvalue weighted by atomic mass is 35.5. The molecule has 1 aromatic carbocycles. The zero-order valence-corrected chi connectivity index (χ0v) is 12.0. The molecule has 1 aliphatic carbocycles. The van der Waals surface area contributed by atoms with E-state index in [2.05, 4.69) is 5.32 Å². The summed E-state index contributed by atoms with van der Waals surface area (Å²) in [6, 6.07) is 5.28. The maximum Gasteiger partial charge on any atom is 0.134 e. The predicted octanol–water partition coefficient (Wildman–Crippen LogP) is 3.48. The molecule has 4 heteroatoms. The molecule has 0 unspecified atom stereocenters. The van der Waals surface area contributed by atoms with Gasteiger partial charge in [-0.2, -0.15) is 0 Å². The summed E-state index contributed by atoms with van der Waals surface area (Å²) in [5.74, 6) is 0.131. The number of phenolic OH excluding ortho intramolecular Hbond substituents is 1. The van der Waals surface area contributed by atoms with Crippen LogP contribution in [-0.2, 0) is 11.3 Å². The molecule has 0 aliphatic heterocycles. The van der Waals surface area contributed by atoms with Crippen LogP contribution in [-0.4, -0.2) is 24.4 Å². The van der Waals surface area contributed by atoms with Gasteiger partial charge in [-0.25, -0.2) is 0 Å². The normalized spacial score (nSPS) is 16.7. The molecule has 3 nitrogen and oxygen atoms in total. The molecule has 0 saturated heterocycles. The van der Waals surface area contributed by atoms with Gasteiger partial charge in [0.1, 0.15) is 5.75 Å². The highest BCUT2D eigenvalue weighted by Gasteiger charge is 2.12. The second-order valence-corrected chi connectivity index (χ2v) is 5.50. The van der Waals surface area contributed by atoms with Gasteiger partial charge in [0, 0.05) is 13.1 Å². The lowest BCUT2D eigenvalue weighted by Gasteiger charge is -2.22. The number of halogens is 1. The van der Waals surface area contributed by atoms with E-state index in [-0.39, 0.29) is 5.75 Å². The molecule has 2 rings (SSSR count). The Kier molecular flexibility index (Phi) is 5.95. The summed E-state index contributed by atoms with van der Waals surface area (Å²) in [7, 11) is 0. The van der Waals surface area contributed by atoms with Gasteiger partial charge in [0.2, 0.25) is 0 Å². The number of hydrogen-bond acceptors (Lipinski definition) is 3. The van der Waals surface area contributed by atoms with E-state index in [1.807, 2.05) is 6.07 Å². The quantitative estimate of drug-likeness (QED) is 0.786. The summed E-state index contributed by atoms with van der Waals surface area (Å²) in [6.45, 7) is 2.35. The summed E-state index contributed by atoms with van der Waals surface area (Å²) < 4.78 is 5.84. The minimum atomic E-state index is 0.131. The van der Waals surface area contributed by atoms with Crippen molar-refractivity contribution in [3.63, 3.8) is 0 Å². The number of nitrogens with one attached hydrogen (secondary N) is 1. The Morgan fingerprint density at radius 2 is 2.05 bits per heavy atom. The first-order valence-corrected chi connectivity index (χ1v) is 7.43. The molecule has 1 fully saturated rings. The van der Waals surface area contributed by atoms with Gasteiger partial charge in [0.15, 0.2) is 0 Å². The maximum absolute atomic E-state index is 9.33. The molecular formula is C15H22ClNO2. The van der Waals surface area contributed by atoms with Crippen molar-refractivity contribution in [1.29, 1.82) is 0 Å². The third-order valence-electron chi connectivity index (χ3n) is 3.53. The third kappa shape index (κ3) is 5.01. The van der Waals surface area contributed by atoms with Crippen molar-refractivity contribution in [2.75, 3.05) is 13.2 Å². The molecule has 0 radical (unpaired) electrons. The first-order chi connectivity index (χ1) is 9.25. The fraction of sp³-hybridized carbons (Fsp3) is 0.600. The Bertz CT molecular complexity index is 392. The van der Waals surface area contributed by atoms with Gasteiger partial charge < -0.3 is 15.2 Å². The van der Waals surface area contributed by atoms with Gasteiger partial charge in [-0.15, -0.1) is 0 Å². The van der Waals surface area contributed by atoms with Crippen molar-refractivity contribution in [3.05, 3.63) is 28.8 Å². The molecule has 0 amide bonds. The van der Waals surface area contributed by atoms with E-state index in [0.717, 1.165) is 25.3 Å². The average Bonchev–Trinajstić information content (AvgIpc) is 2.43. The number of benzene rings is 1. The Balaban J connectivity index is 1.59. The second-order valence-electron chi connectivity index (χ2n) is 5.09. The fourth-order valence-electron chi connectivity index (χ4n) is 2.42. The predicted molar refractivity (Wildman–Crippen MR) is 77.6 cm³/mol. The number of hydrogen-bond donors (Lipinski definition) is 2. The van der Waals surface area contributed by atoms with E-state index in [1.54, 1.807) is 12.1 Å². The van der Waals surface area contributed by atoms with Gasteiger partial charge >= 0.3 is 0 Å². The lowest BCUT2D eigenvalue weighted by Crippen LogP contribution is -2.24. The van der Waals surface area contributed by atoms with Gasteiger partial charge in [-0.05, 0) is 30.5 Å². The van der Waals surface area contributed by atoms with E-state index in [9.17, 15) is 5.11 Å². The van der Waals surface area contributed by atoms with Crippen LogP contribution >= 0.6 is 11.6 Å². The summed E-state index contributed by atoms with van der Waals surface area (Å²) in [5.41, 5.74) is 1.07. The van der Waals surface area contributed by atoms with Crippen LogP contribution in [0.2, 0.25) is 5.02 Å². The number of rotatable bonds is 6. The molecule has 0 atom stereocenters. The number of phenols is 1. The van der Waals surface area contributed by atoms with Gasteiger partial charge in [-0.1, -0.05) is 36.9 Å². The van der Waals surface area contributed by atoms with Crippen molar-refractivity contribution in [2.45, 2.75) is 44.8 Å². The average molecular weight is 284 g/mol. The van der Waals surface area contributed by atoms with Gasteiger partial charge in [0.05, 0.1) is 17.7 Å². The fourth-order valence-corrected chi connectivity index (χ4v) is 2.63. The largest absolute Gasteiger partial charge is 0.506 e. The first kappa shape index (κ1) is 14.6.